The van der Waals surface area contributed by atoms with E-state index in [2.05, 4.69) is 96.0 Å². The van der Waals surface area contributed by atoms with Crippen LogP contribution in [0, 0.1) is 18.9 Å². The van der Waals surface area contributed by atoms with Gasteiger partial charge >= 0.3 is 0 Å². The summed E-state index contributed by atoms with van der Waals surface area (Å²) in [5.74, 6) is 1.09. The van der Waals surface area contributed by atoms with E-state index in [0.717, 1.165) is 0 Å². The Morgan fingerprint density at radius 3 is 2.12 bits per heavy atom. The number of benzene rings is 1. The maximum atomic E-state index is 4.31. The Bertz CT molecular complexity index is 699. The van der Waals surface area contributed by atoms with E-state index in [1.165, 1.54) is 33.5 Å². The van der Waals surface area contributed by atoms with Crippen LogP contribution in [0.5, 0.6) is 0 Å². The molecule has 0 saturated heterocycles. The van der Waals surface area contributed by atoms with Gasteiger partial charge in [-0.2, -0.15) is 0 Å². The molecule has 0 amide bonds. The van der Waals surface area contributed by atoms with Gasteiger partial charge in [-0.05, 0) is 28.7 Å². The molecule has 0 spiro atoms. The van der Waals surface area contributed by atoms with E-state index >= 15 is 0 Å². The van der Waals surface area contributed by atoms with Gasteiger partial charge in [-0.3, -0.25) is 4.58 Å². The molecule has 0 saturated carbocycles. The fourth-order valence-corrected chi connectivity index (χ4v) is 5.05. The summed E-state index contributed by atoms with van der Waals surface area (Å²) >= 11 is 0. The zero-order chi connectivity index (χ0) is 18.2. The molecule has 0 aliphatic carbocycles. The summed E-state index contributed by atoms with van der Waals surface area (Å²) in [5.41, 5.74) is 5.50. The molecule has 1 aromatic carbocycles. The summed E-state index contributed by atoms with van der Waals surface area (Å²) in [6, 6.07) is 8.06. The summed E-state index contributed by atoms with van der Waals surface area (Å²) in [5, 5.41) is 1.52. The van der Waals surface area contributed by atoms with Crippen LogP contribution < -0.4 is 0 Å². The van der Waals surface area contributed by atoms with Gasteiger partial charge in [-0.25, -0.2) is 0 Å². The molecule has 2 rings (SSSR count). The molecule has 1 nitrogen and oxygen atoms in total. The average molecular weight is 340 g/mol. The Labute approximate surface area is 149 Å². The molecule has 24 heavy (non-hydrogen) atoms. The molecule has 0 bridgehead atoms. The van der Waals surface area contributed by atoms with Crippen LogP contribution in [0.3, 0.4) is 0 Å². The van der Waals surface area contributed by atoms with Gasteiger partial charge in [-0.15, -0.1) is 6.07 Å². The normalized spacial score (nSPS) is 15.9. The summed E-state index contributed by atoms with van der Waals surface area (Å²) in [4.78, 5) is 0. The minimum Gasteiger partial charge on any atom is -0.255 e. The highest BCUT2D eigenvalue weighted by molar-refractivity contribution is 6.84. The van der Waals surface area contributed by atoms with Crippen LogP contribution >= 0.6 is 0 Å². The van der Waals surface area contributed by atoms with Crippen molar-refractivity contribution in [2.45, 2.75) is 60.2 Å². The van der Waals surface area contributed by atoms with E-state index in [-0.39, 0.29) is 0 Å². The van der Waals surface area contributed by atoms with Crippen molar-refractivity contribution in [3.8, 4) is 0 Å². The largest absolute Gasteiger partial charge is 0.255 e. The van der Waals surface area contributed by atoms with E-state index in [9.17, 15) is 0 Å². The molecule has 0 N–H and O–H groups in total. The molecule has 0 fully saturated rings. The first-order chi connectivity index (χ1) is 11.0. The summed E-state index contributed by atoms with van der Waals surface area (Å²) in [6.45, 7) is 22.8. The summed E-state index contributed by atoms with van der Waals surface area (Å²) < 4.78 is 2.08. The second-order valence-electron chi connectivity index (χ2n) is 8.63. The van der Waals surface area contributed by atoms with Crippen molar-refractivity contribution >= 4 is 14.8 Å². The SMILES string of the molecule is C=[N+]1C=C([Si](C)(C)C)C(C(C)C)=C[C-]1c1ccc(C(C)C)cc1C. The fraction of sp³-hybridized carbons (Fsp3) is 0.455. The van der Waals surface area contributed by atoms with Crippen LogP contribution in [0.25, 0.3) is 0 Å². The van der Waals surface area contributed by atoms with Gasteiger partial charge in [0, 0.05) is 0 Å². The zero-order valence-corrected chi connectivity index (χ0v) is 17.7. The van der Waals surface area contributed by atoms with Crippen LogP contribution in [-0.4, -0.2) is 19.4 Å². The highest BCUT2D eigenvalue weighted by atomic mass is 28.3. The lowest BCUT2D eigenvalue weighted by atomic mass is 9.90. The Balaban J connectivity index is 2.50. The second-order valence-corrected chi connectivity index (χ2v) is 13.7. The lowest BCUT2D eigenvalue weighted by molar-refractivity contribution is -0.418. The summed E-state index contributed by atoms with van der Waals surface area (Å²) in [7, 11) is -1.39. The lowest BCUT2D eigenvalue weighted by Gasteiger charge is -2.33. The standard InChI is InChI=1S/C22H33NSi/c1-15(2)18-10-11-19(17(5)12-18)21-13-20(16(3)4)22(14-23(21)6)24(7,8)9/h10-16H,6H2,1-5,7-9H3. The summed E-state index contributed by atoms with van der Waals surface area (Å²) in [6.07, 6.45) is 4.66. The highest BCUT2D eigenvalue weighted by Crippen LogP contribution is 2.36. The molecule has 1 aliphatic rings. The molecule has 2 heteroatoms. The van der Waals surface area contributed by atoms with Crippen LogP contribution in [0.1, 0.15) is 50.3 Å². The minimum absolute atomic E-state index is 0.530. The van der Waals surface area contributed by atoms with Crippen molar-refractivity contribution in [2.24, 2.45) is 5.92 Å². The van der Waals surface area contributed by atoms with Crippen LogP contribution in [0.4, 0.5) is 0 Å². The Kier molecular flexibility index (Phi) is 5.29. The van der Waals surface area contributed by atoms with Gasteiger partial charge in [0.1, 0.15) is 12.2 Å². The number of hydrogen-bond donors (Lipinski definition) is 0. The monoisotopic (exact) mass is 339 g/mol. The smallest absolute Gasteiger partial charge is 0.147 e. The van der Waals surface area contributed by atoms with Gasteiger partial charge in [-0.1, -0.05) is 83.1 Å². The number of nitrogens with zero attached hydrogens (tertiary/aromatic N) is 1. The van der Waals surface area contributed by atoms with Crippen molar-refractivity contribution in [2.75, 3.05) is 0 Å². The average Bonchev–Trinajstić information content (AvgIpc) is 2.46. The molecule has 130 valence electrons. The minimum atomic E-state index is -1.39. The van der Waals surface area contributed by atoms with Gasteiger partial charge < -0.3 is 0 Å². The van der Waals surface area contributed by atoms with Crippen molar-refractivity contribution < 1.29 is 4.58 Å². The van der Waals surface area contributed by atoms with Crippen LogP contribution in [-0.2, 0) is 0 Å². The predicted octanol–water partition coefficient (Wildman–Crippen LogP) is 6.07. The molecule has 1 heterocycles. The third-order valence-electron chi connectivity index (χ3n) is 4.82. The van der Waals surface area contributed by atoms with E-state index < -0.39 is 8.07 Å². The van der Waals surface area contributed by atoms with Crippen molar-refractivity contribution in [3.05, 3.63) is 64.0 Å². The van der Waals surface area contributed by atoms with E-state index in [1.54, 1.807) is 0 Å². The zero-order valence-electron chi connectivity index (χ0n) is 16.7. The van der Waals surface area contributed by atoms with Crippen LogP contribution in [0.15, 0.2) is 41.2 Å². The van der Waals surface area contributed by atoms with Crippen molar-refractivity contribution in [3.63, 3.8) is 0 Å². The van der Waals surface area contributed by atoms with Crippen molar-refractivity contribution in [1.29, 1.82) is 0 Å². The molecule has 0 aromatic heterocycles. The molecular weight excluding hydrogens is 306 g/mol. The van der Waals surface area contributed by atoms with Gasteiger partial charge in [0.25, 0.3) is 0 Å². The molecular formula is C22H33NSi. The van der Waals surface area contributed by atoms with Crippen LogP contribution in [0.2, 0.25) is 19.6 Å². The molecule has 1 aromatic rings. The van der Waals surface area contributed by atoms with Gasteiger partial charge in [0.2, 0.25) is 0 Å². The Morgan fingerprint density at radius 2 is 1.67 bits per heavy atom. The maximum absolute atomic E-state index is 4.31. The predicted molar refractivity (Wildman–Crippen MR) is 109 cm³/mol. The molecule has 0 unspecified atom stereocenters. The number of aryl methyl sites for hydroxylation is 1. The number of hydrogen-bond acceptors (Lipinski definition) is 0. The fourth-order valence-electron chi connectivity index (χ4n) is 3.28. The number of rotatable bonds is 4. The third-order valence-corrected chi connectivity index (χ3v) is 6.85. The quantitative estimate of drug-likeness (QED) is 0.356. The van der Waals surface area contributed by atoms with E-state index in [0.29, 0.717) is 11.8 Å². The topological polar surface area (TPSA) is 3.01 Å². The molecule has 0 radical (unpaired) electrons. The highest BCUT2D eigenvalue weighted by Gasteiger charge is 2.30. The maximum Gasteiger partial charge on any atom is 0.147 e. The van der Waals surface area contributed by atoms with E-state index in [4.69, 9.17) is 0 Å². The first-order valence-electron chi connectivity index (χ1n) is 9.04. The molecule has 1 aliphatic heterocycles. The lowest BCUT2D eigenvalue weighted by Crippen LogP contribution is -2.32. The van der Waals surface area contributed by atoms with Gasteiger partial charge in [0.15, 0.2) is 0 Å². The molecule has 0 atom stereocenters. The Morgan fingerprint density at radius 1 is 1.04 bits per heavy atom. The first kappa shape index (κ1) is 18.8. The first-order valence-corrected chi connectivity index (χ1v) is 12.5. The number of allylic oxidation sites excluding steroid dienone is 2. The van der Waals surface area contributed by atoms with Gasteiger partial charge in [0.05, 0.1) is 14.8 Å². The Hall–Kier alpha value is -1.54. The second kappa shape index (κ2) is 6.76. The van der Waals surface area contributed by atoms with Crippen molar-refractivity contribution in [1.82, 2.24) is 0 Å². The van der Waals surface area contributed by atoms with E-state index in [1.807, 2.05) is 0 Å². The third kappa shape index (κ3) is 3.75.